The average molecular weight is 269 g/mol. The molecule has 0 bridgehead atoms. The van der Waals surface area contributed by atoms with Crippen molar-refractivity contribution in [3.05, 3.63) is 48.3 Å². The average Bonchev–Trinajstić information content (AvgIpc) is 2.81. The zero-order valence-electron chi connectivity index (χ0n) is 10.3. The first-order valence-electron chi connectivity index (χ1n) is 5.82. The van der Waals surface area contributed by atoms with Crippen LogP contribution in [-0.2, 0) is 0 Å². The van der Waals surface area contributed by atoms with Gasteiger partial charge in [0.1, 0.15) is 5.69 Å². The van der Waals surface area contributed by atoms with E-state index in [0.29, 0.717) is 5.69 Å². The number of imidazole rings is 1. The van der Waals surface area contributed by atoms with Crippen molar-refractivity contribution >= 4 is 28.6 Å². The van der Waals surface area contributed by atoms with E-state index in [1.807, 2.05) is 30.3 Å². The maximum atomic E-state index is 11.1. The van der Waals surface area contributed by atoms with Crippen LogP contribution in [0.1, 0.15) is 17.4 Å². The van der Waals surface area contributed by atoms with Crippen LogP contribution in [-0.4, -0.2) is 20.7 Å². The number of rotatable bonds is 3. The summed E-state index contributed by atoms with van der Waals surface area (Å²) in [6, 6.07) is 11.5. The molecule has 2 heterocycles. The minimum Gasteiger partial charge on any atom is -0.333 e. The molecule has 5 heteroatoms. The van der Waals surface area contributed by atoms with E-state index < -0.39 is 0 Å². The van der Waals surface area contributed by atoms with Gasteiger partial charge in [-0.3, -0.25) is 9.78 Å². The summed E-state index contributed by atoms with van der Waals surface area (Å²) in [5, 5.41) is 0.818. The lowest BCUT2D eigenvalue weighted by molar-refractivity contribution is 0.101. The Morgan fingerprint density at radius 1 is 1.21 bits per heavy atom. The number of para-hydroxylation sites is 2. The Kier molecular flexibility index (Phi) is 3.05. The molecule has 1 N–H and O–H groups in total. The summed E-state index contributed by atoms with van der Waals surface area (Å²) >= 11 is 1.49. The van der Waals surface area contributed by atoms with Crippen LogP contribution in [0.4, 0.5) is 0 Å². The lowest BCUT2D eigenvalue weighted by atomic mass is 10.3. The highest BCUT2D eigenvalue weighted by atomic mass is 32.2. The van der Waals surface area contributed by atoms with E-state index in [2.05, 4.69) is 15.0 Å². The first kappa shape index (κ1) is 11.9. The summed E-state index contributed by atoms with van der Waals surface area (Å²) in [5.74, 6) is -0.0275. The van der Waals surface area contributed by atoms with Crippen molar-refractivity contribution in [2.45, 2.75) is 17.0 Å². The number of hydrogen-bond acceptors (Lipinski definition) is 4. The fourth-order valence-electron chi connectivity index (χ4n) is 1.74. The molecule has 0 amide bonds. The molecule has 0 atom stereocenters. The number of carbonyl (C=O) groups excluding carboxylic acids is 1. The molecule has 0 spiro atoms. The number of hydrogen-bond donors (Lipinski definition) is 1. The molecule has 2 aromatic heterocycles. The molecule has 0 saturated heterocycles. The van der Waals surface area contributed by atoms with Gasteiger partial charge in [-0.05, 0) is 24.3 Å². The maximum absolute atomic E-state index is 11.1. The monoisotopic (exact) mass is 269 g/mol. The predicted molar refractivity (Wildman–Crippen MR) is 74.5 cm³/mol. The SMILES string of the molecule is CC(=O)c1ccc(Sc2nc3ccccc3[nH]2)cn1. The van der Waals surface area contributed by atoms with Crippen molar-refractivity contribution in [3.63, 3.8) is 0 Å². The van der Waals surface area contributed by atoms with Gasteiger partial charge in [0, 0.05) is 18.0 Å². The number of ketones is 1. The molecule has 94 valence electrons. The van der Waals surface area contributed by atoms with E-state index in [9.17, 15) is 4.79 Å². The van der Waals surface area contributed by atoms with E-state index in [0.717, 1.165) is 21.1 Å². The van der Waals surface area contributed by atoms with Gasteiger partial charge in [0.15, 0.2) is 10.9 Å². The van der Waals surface area contributed by atoms with Crippen LogP contribution in [0.3, 0.4) is 0 Å². The number of aromatic amines is 1. The van der Waals surface area contributed by atoms with Crippen molar-refractivity contribution in [2.24, 2.45) is 0 Å². The van der Waals surface area contributed by atoms with Crippen molar-refractivity contribution < 1.29 is 4.79 Å². The highest BCUT2D eigenvalue weighted by Gasteiger charge is 2.05. The van der Waals surface area contributed by atoms with Crippen molar-refractivity contribution in [3.8, 4) is 0 Å². The third kappa shape index (κ3) is 2.51. The molecule has 1 aromatic carbocycles. The van der Waals surface area contributed by atoms with Crippen LogP contribution in [0.2, 0.25) is 0 Å². The predicted octanol–water partition coefficient (Wildman–Crippen LogP) is 3.31. The summed E-state index contributed by atoms with van der Waals surface area (Å²) in [5.41, 5.74) is 2.44. The second kappa shape index (κ2) is 4.85. The molecule has 3 rings (SSSR count). The third-order valence-corrected chi connectivity index (χ3v) is 3.54. The van der Waals surface area contributed by atoms with Gasteiger partial charge in [-0.25, -0.2) is 4.98 Å². The quantitative estimate of drug-likeness (QED) is 0.741. The van der Waals surface area contributed by atoms with E-state index >= 15 is 0 Å². The molecule has 0 radical (unpaired) electrons. The van der Waals surface area contributed by atoms with Crippen LogP contribution in [0.25, 0.3) is 11.0 Å². The van der Waals surface area contributed by atoms with E-state index in [4.69, 9.17) is 0 Å². The zero-order valence-corrected chi connectivity index (χ0v) is 11.1. The van der Waals surface area contributed by atoms with Gasteiger partial charge in [-0.2, -0.15) is 0 Å². The number of benzene rings is 1. The lowest BCUT2D eigenvalue weighted by Crippen LogP contribution is -1.95. The molecule has 4 nitrogen and oxygen atoms in total. The summed E-state index contributed by atoms with van der Waals surface area (Å²) < 4.78 is 0. The number of Topliss-reactive ketones (excluding diaryl/α,β-unsaturated/α-hetero) is 1. The number of fused-ring (bicyclic) bond motifs is 1. The Bertz CT molecular complexity index is 701. The Hall–Kier alpha value is -2.14. The molecule has 0 aliphatic heterocycles. The van der Waals surface area contributed by atoms with Crippen LogP contribution in [0.15, 0.2) is 52.6 Å². The largest absolute Gasteiger partial charge is 0.333 e. The van der Waals surface area contributed by atoms with Crippen LogP contribution in [0, 0.1) is 0 Å². The minimum atomic E-state index is -0.0275. The van der Waals surface area contributed by atoms with Crippen molar-refractivity contribution in [1.29, 1.82) is 0 Å². The molecular weight excluding hydrogens is 258 g/mol. The normalized spacial score (nSPS) is 10.8. The number of pyridine rings is 1. The lowest BCUT2D eigenvalue weighted by Gasteiger charge is -1.98. The van der Waals surface area contributed by atoms with Gasteiger partial charge < -0.3 is 4.98 Å². The molecule has 0 aliphatic carbocycles. The Morgan fingerprint density at radius 2 is 2.05 bits per heavy atom. The van der Waals surface area contributed by atoms with Crippen LogP contribution >= 0.6 is 11.8 Å². The van der Waals surface area contributed by atoms with Gasteiger partial charge >= 0.3 is 0 Å². The number of carbonyl (C=O) groups is 1. The van der Waals surface area contributed by atoms with E-state index in [1.165, 1.54) is 18.7 Å². The van der Waals surface area contributed by atoms with Gasteiger partial charge in [-0.15, -0.1) is 0 Å². The van der Waals surface area contributed by atoms with Gasteiger partial charge in [-0.1, -0.05) is 23.9 Å². The van der Waals surface area contributed by atoms with Gasteiger partial charge in [0.05, 0.1) is 11.0 Å². The molecule has 0 aliphatic rings. The Morgan fingerprint density at radius 3 is 2.74 bits per heavy atom. The Balaban J connectivity index is 1.86. The molecule has 3 aromatic rings. The van der Waals surface area contributed by atoms with Crippen LogP contribution in [0.5, 0.6) is 0 Å². The van der Waals surface area contributed by atoms with Crippen molar-refractivity contribution in [2.75, 3.05) is 0 Å². The zero-order chi connectivity index (χ0) is 13.2. The summed E-state index contributed by atoms with van der Waals surface area (Å²) in [6.45, 7) is 1.51. The highest BCUT2D eigenvalue weighted by molar-refractivity contribution is 7.99. The van der Waals surface area contributed by atoms with Crippen LogP contribution < -0.4 is 0 Å². The maximum Gasteiger partial charge on any atom is 0.178 e. The smallest absolute Gasteiger partial charge is 0.178 e. The number of H-pyrrole nitrogens is 1. The summed E-state index contributed by atoms with van der Waals surface area (Å²) in [6.07, 6.45) is 1.69. The third-order valence-electron chi connectivity index (χ3n) is 2.68. The first-order valence-corrected chi connectivity index (χ1v) is 6.63. The summed E-state index contributed by atoms with van der Waals surface area (Å²) in [7, 11) is 0. The fourth-order valence-corrected chi connectivity index (χ4v) is 2.51. The highest BCUT2D eigenvalue weighted by Crippen LogP contribution is 2.26. The minimum absolute atomic E-state index is 0.0275. The van der Waals surface area contributed by atoms with Gasteiger partial charge in [0.2, 0.25) is 0 Å². The topological polar surface area (TPSA) is 58.6 Å². The number of nitrogens with one attached hydrogen (secondary N) is 1. The number of aromatic nitrogens is 3. The molecule has 0 unspecified atom stereocenters. The molecule has 0 fully saturated rings. The van der Waals surface area contributed by atoms with Crippen molar-refractivity contribution in [1.82, 2.24) is 15.0 Å². The Labute approximate surface area is 114 Å². The second-order valence-electron chi connectivity index (χ2n) is 4.10. The second-order valence-corrected chi connectivity index (χ2v) is 5.16. The first-order chi connectivity index (χ1) is 9.22. The van der Waals surface area contributed by atoms with E-state index in [-0.39, 0.29) is 5.78 Å². The summed E-state index contributed by atoms with van der Waals surface area (Å²) in [4.78, 5) is 23.9. The molecule has 19 heavy (non-hydrogen) atoms. The van der Waals surface area contributed by atoms with E-state index in [1.54, 1.807) is 12.3 Å². The fraction of sp³-hybridized carbons (Fsp3) is 0.0714. The molecular formula is C14H11N3OS. The van der Waals surface area contributed by atoms with Gasteiger partial charge in [0.25, 0.3) is 0 Å². The standard InChI is InChI=1S/C14H11N3OS/c1-9(18)11-7-6-10(8-15-11)19-14-16-12-4-2-3-5-13(12)17-14/h2-8H,1H3,(H,16,17). The molecule has 0 saturated carbocycles. The number of nitrogens with zero attached hydrogens (tertiary/aromatic N) is 2.